The van der Waals surface area contributed by atoms with Gasteiger partial charge in [0.2, 0.25) is 11.9 Å². The Kier molecular flexibility index (Phi) is 2.11. The molecular formula is C11H14N4O. The van der Waals surface area contributed by atoms with Crippen LogP contribution in [-0.4, -0.2) is 15.5 Å². The number of fused-ring (bicyclic) bond motifs is 1. The molecule has 0 unspecified atom stereocenters. The number of amides is 1. The first-order valence-electron chi connectivity index (χ1n) is 4.98. The lowest BCUT2D eigenvalue weighted by molar-refractivity contribution is -0.124. The van der Waals surface area contributed by atoms with E-state index in [0.29, 0.717) is 5.95 Å². The Labute approximate surface area is 93.1 Å². The van der Waals surface area contributed by atoms with Crippen molar-refractivity contribution in [2.75, 3.05) is 5.73 Å². The molecule has 16 heavy (non-hydrogen) atoms. The van der Waals surface area contributed by atoms with E-state index >= 15 is 0 Å². The molecule has 1 heterocycles. The number of primary amides is 1. The van der Waals surface area contributed by atoms with E-state index in [1.54, 1.807) is 18.4 Å². The smallest absolute Gasteiger partial charge is 0.243 e. The highest BCUT2D eigenvalue weighted by atomic mass is 16.1. The first-order valence-corrected chi connectivity index (χ1v) is 4.98. The van der Waals surface area contributed by atoms with Crippen LogP contribution in [0.2, 0.25) is 0 Å². The monoisotopic (exact) mass is 218 g/mol. The van der Waals surface area contributed by atoms with Crippen LogP contribution in [0.25, 0.3) is 11.0 Å². The van der Waals surface area contributed by atoms with Crippen molar-refractivity contribution < 1.29 is 4.79 Å². The summed E-state index contributed by atoms with van der Waals surface area (Å²) in [5.74, 6) is -0.146. The number of nitrogen functional groups attached to an aromatic ring is 1. The van der Waals surface area contributed by atoms with Gasteiger partial charge in [-0.3, -0.25) is 9.36 Å². The molecule has 0 bridgehead atoms. The van der Waals surface area contributed by atoms with Crippen molar-refractivity contribution in [3.8, 4) is 0 Å². The fourth-order valence-corrected chi connectivity index (χ4v) is 1.74. The fourth-order valence-electron chi connectivity index (χ4n) is 1.74. The van der Waals surface area contributed by atoms with Gasteiger partial charge in [0, 0.05) is 0 Å². The van der Waals surface area contributed by atoms with Crippen LogP contribution in [0, 0.1) is 0 Å². The van der Waals surface area contributed by atoms with E-state index in [0.717, 1.165) is 11.0 Å². The molecule has 5 nitrogen and oxygen atoms in total. The second-order valence-electron chi connectivity index (χ2n) is 4.22. The Morgan fingerprint density at radius 2 is 2.00 bits per heavy atom. The Hall–Kier alpha value is -2.04. The molecule has 4 N–H and O–H groups in total. The number of rotatable bonds is 2. The molecule has 0 aliphatic heterocycles. The van der Waals surface area contributed by atoms with Gasteiger partial charge >= 0.3 is 0 Å². The summed E-state index contributed by atoms with van der Waals surface area (Å²) in [5.41, 5.74) is 11.9. The quantitative estimate of drug-likeness (QED) is 0.783. The zero-order valence-corrected chi connectivity index (χ0v) is 9.27. The molecule has 0 fully saturated rings. The molecule has 0 radical (unpaired) electrons. The van der Waals surface area contributed by atoms with Crippen molar-refractivity contribution in [3.05, 3.63) is 24.3 Å². The summed E-state index contributed by atoms with van der Waals surface area (Å²) in [6.45, 7) is 3.44. The third-order valence-corrected chi connectivity index (χ3v) is 2.75. The molecule has 2 aromatic rings. The molecule has 0 aliphatic carbocycles. The van der Waals surface area contributed by atoms with E-state index in [-0.39, 0.29) is 0 Å². The van der Waals surface area contributed by atoms with Crippen molar-refractivity contribution in [1.29, 1.82) is 0 Å². The molecule has 84 valence electrons. The fraction of sp³-hybridized carbons (Fsp3) is 0.273. The van der Waals surface area contributed by atoms with E-state index in [2.05, 4.69) is 4.98 Å². The van der Waals surface area contributed by atoms with Gasteiger partial charge in [-0.25, -0.2) is 4.98 Å². The average molecular weight is 218 g/mol. The van der Waals surface area contributed by atoms with E-state index in [1.165, 1.54) is 0 Å². The van der Waals surface area contributed by atoms with E-state index in [9.17, 15) is 4.79 Å². The lowest BCUT2D eigenvalue weighted by Crippen LogP contribution is -2.41. The topological polar surface area (TPSA) is 86.9 Å². The number of aromatic nitrogens is 2. The van der Waals surface area contributed by atoms with Crippen LogP contribution in [0.5, 0.6) is 0 Å². The Balaban J connectivity index is 2.78. The van der Waals surface area contributed by atoms with Crippen molar-refractivity contribution in [2.45, 2.75) is 19.4 Å². The second-order valence-corrected chi connectivity index (χ2v) is 4.22. The van der Waals surface area contributed by atoms with Gasteiger partial charge in [-0.2, -0.15) is 0 Å². The summed E-state index contributed by atoms with van der Waals surface area (Å²) in [6, 6.07) is 7.45. The van der Waals surface area contributed by atoms with Crippen LogP contribution >= 0.6 is 0 Å². The SMILES string of the molecule is CC(C)(C(N)=O)n1c(N)nc2ccccc21. The number of carbonyl (C=O) groups excluding carboxylic acids is 1. The number of hydrogen-bond donors (Lipinski definition) is 2. The minimum absolute atomic E-state index is 0.296. The molecule has 0 aliphatic rings. The Bertz CT molecular complexity index is 556. The largest absolute Gasteiger partial charge is 0.369 e. The summed E-state index contributed by atoms with van der Waals surface area (Å²) in [4.78, 5) is 15.6. The second kappa shape index (κ2) is 3.23. The summed E-state index contributed by atoms with van der Waals surface area (Å²) < 4.78 is 1.66. The predicted molar refractivity (Wildman–Crippen MR) is 62.7 cm³/mol. The van der Waals surface area contributed by atoms with Gasteiger partial charge in [0.05, 0.1) is 11.0 Å². The molecule has 5 heteroatoms. The molecule has 2 rings (SSSR count). The summed E-state index contributed by atoms with van der Waals surface area (Å²) in [5, 5.41) is 0. The normalized spacial score (nSPS) is 11.9. The number of hydrogen-bond acceptors (Lipinski definition) is 3. The Morgan fingerprint density at radius 3 is 2.62 bits per heavy atom. The van der Waals surface area contributed by atoms with Crippen LogP contribution in [0.15, 0.2) is 24.3 Å². The van der Waals surface area contributed by atoms with E-state index < -0.39 is 11.4 Å². The summed E-state index contributed by atoms with van der Waals surface area (Å²) >= 11 is 0. The van der Waals surface area contributed by atoms with Gasteiger partial charge < -0.3 is 11.5 Å². The highest BCUT2D eigenvalue weighted by molar-refractivity contribution is 5.87. The van der Waals surface area contributed by atoms with Gasteiger partial charge in [-0.15, -0.1) is 0 Å². The van der Waals surface area contributed by atoms with Crippen LogP contribution in [-0.2, 0) is 10.3 Å². The molecule has 0 saturated carbocycles. The van der Waals surface area contributed by atoms with E-state index in [1.807, 2.05) is 24.3 Å². The maximum absolute atomic E-state index is 11.4. The highest BCUT2D eigenvalue weighted by Gasteiger charge is 2.30. The van der Waals surface area contributed by atoms with Gasteiger partial charge in [0.15, 0.2) is 0 Å². The van der Waals surface area contributed by atoms with Crippen LogP contribution in [0.1, 0.15) is 13.8 Å². The Morgan fingerprint density at radius 1 is 1.38 bits per heavy atom. The number of nitrogens with two attached hydrogens (primary N) is 2. The minimum Gasteiger partial charge on any atom is -0.369 e. The predicted octanol–water partition coefficient (Wildman–Crippen LogP) is 0.839. The van der Waals surface area contributed by atoms with Crippen molar-refractivity contribution in [3.63, 3.8) is 0 Å². The van der Waals surface area contributed by atoms with E-state index in [4.69, 9.17) is 11.5 Å². The number of carbonyl (C=O) groups is 1. The maximum Gasteiger partial charge on any atom is 0.243 e. The molecule has 1 aromatic carbocycles. The van der Waals surface area contributed by atoms with Gasteiger partial charge in [-0.05, 0) is 26.0 Å². The lowest BCUT2D eigenvalue weighted by Gasteiger charge is -2.24. The third-order valence-electron chi connectivity index (χ3n) is 2.75. The number of imidazole rings is 1. The zero-order chi connectivity index (χ0) is 11.9. The number of benzene rings is 1. The van der Waals surface area contributed by atoms with Crippen molar-refractivity contribution in [2.24, 2.45) is 5.73 Å². The lowest BCUT2D eigenvalue weighted by atomic mass is 10.0. The average Bonchev–Trinajstić information content (AvgIpc) is 2.53. The van der Waals surface area contributed by atoms with Crippen LogP contribution in [0.4, 0.5) is 5.95 Å². The van der Waals surface area contributed by atoms with Gasteiger partial charge in [0.25, 0.3) is 0 Å². The van der Waals surface area contributed by atoms with Crippen LogP contribution < -0.4 is 11.5 Å². The maximum atomic E-state index is 11.4. The standard InChI is InChI=1S/C11H14N4O/c1-11(2,9(12)16)15-8-6-4-3-5-7(8)14-10(15)13/h3-6H,1-2H3,(H2,12,16)(H2,13,14). The number of para-hydroxylation sites is 2. The first-order chi connectivity index (χ1) is 7.44. The molecule has 1 aromatic heterocycles. The molecule has 0 saturated heterocycles. The van der Waals surface area contributed by atoms with Gasteiger partial charge in [-0.1, -0.05) is 12.1 Å². The minimum atomic E-state index is -0.889. The van der Waals surface area contributed by atoms with Gasteiger partial charge in [0.1, 0.15) is 5.54 Å². The molecule has 0 spiro atoms. The first kappa shape index (κ1) is 10.5. The number of nitrogens with zero attached hydrogens (tertiary/aromatic N) is 2. The zero-order valence-electron chi connectivity index (χ0n) is 9.27. The number of anilines is 1. The highest BCUT2D eigenvalue weighted by Crippen LogP contribution is 2.26. The molecular weight excluding hydrogens is 204 g/mol. The molecule has 1 amide bonds. The summed E-state index contributed by atoms with van der Waals surface area (Å²) in [7, 11) is 0. The van der Waals surface area contributed by atoms with Crippen LogP contribution in [0.3, 0.4) is 0 Å². The third kappa shape index (κ3) is 1.32. The van der Waals surface area contributed by atoms with Crippen molar-refractivity contribution >= 4 is 22.9 Å². The summed E-state index contributed by atoms with van der Waals surface area (Å²) in [6.07, 6.45) is 0. The molecule has 0 atom stereocenters. The van der Waals surface area contributed by atoms with Crippen molar-refractivity contribution in [1.82, 2.24) is 9.55 Å².